The Hall–Kier alpha value is -1.77. The minimum absolute atomic E-state index is 0.0186. The molecule has 128 valence electrons. The molecule has 5 nitrogen and oxygen atoms in total. The van der Waals surface area contributed by atoms with Gasteiger partial charge in [-0.25, -0.2) is 4.99 Å². The standard InChI is InChI=1S/C17H12Br2N2O3S/c1-24-13-6-9(5-12(19)15(13)22)7-14-16(23)21-17(25-14)20-11-4-2-3-10(18)8-11/h2-8,22H,1H3,(H,20,21,23)/b14-7-. The van der Waals surface area contributed by atoms with Crippen LogP contribution >= 0.6 is 43.6 Å². The zero-order chi connectivity index (χ0) is 18.0. The maximum Gasteiger partial charge on any atom is 0.264 e. The second-order valence-corrected chi connectivity index (χ2v) is 7.82. The highest BCUT2D eigenvalue weighted by atomic mass is 79.9. The van der Waals surface area contributed by atoms with Crippen LogP contribution in [-0.2, 0) is 4.79 Å². The molecule has 25 heavy (non-hydrogen) atoms. The fraction of sp³-hybridized carbons (Fsp3) is 0.0588. The lowest BCUT2D eigenvalue weighted by atomic mass is 10.2. The minimum atomic E-state index is -0.220. The number of nitrogens with zero attached hydrogens (tertiary/aromatic N) is 1. The Labute approximate surface area is 165 Å². The highest BCUT2D eigenvalue weighted by Gasteiger charge is 2.24. The monoisotopic (exact) mass is 482 g/mol. The molecule has 0 radical (unpaired) electrons. The number of amides is 1. The largest absolute Gasteiger partial charge is 0.503 e. The van der Waals surface area contributed by atoms with Crippen molar-refractivity contribution in [3.63, 3.8) is 0 Å². The number of carbonyl (C=O) groups is 1. The Morgan fingerprint density at radius 3 is 2.80 bits per heavy atom. The summed E-state index contributed by atoms with van der Waals surface area (Å²) in [6.07, 6.45) is 1.72. The molecule has 0 unspecified atom stereocenters. The van der Waals surface area contributed by atoms with Crippen molar-refractivity contribution < 1.29 is 14.6 Å². The number of nitrogens with one attached hydrogen (secondary N) is 1. The lowest BCUT2D eigenvalue weighted by Crippen LogP contribution is -2.19. The first-order chi connectivity index (χ1) is 12.0. The number of rotatable bonds is 3. The quantitative estimate of drug-likeness (QED) is 0.614. The van der Waals surface area contributed by atoms with Crippen LogP contribution in [0.2, 0.25) is 0 Å². The second kappa shape index (κ2) is 7.63. The highest BCUT2D eigenvalue weighted by molar-refractivity contribution is 9.10. The van der Waals surface area contributed by atoms with E-state index >= 15 is 0 Å². The van der Waals surface area contributed by atoms with E-state index in [2.05, 4.69) is 42.2 Å². The molecule has 1 amide bonds. The van der Waals surface area contributed by atoms with Gasteiger partial charge in [0.1, 0.15) is 0 Å². The van der Waals surface area contributed by atoms with Crippen LogP contribution in [0.1, 0.15) is 5.56 Å². The van der Waals surface area contributed by atoms with E-state index in [-0.39, 0.29) is 11.7 Å². The van der Waals surface area contributed by atoms with E-state index in [1.807, 2.05) is 24.3 Å². The molecular weight excluding hydrogens is 472 g/mol. The number of benzene rings is 2. The van der Waals surface area contributed by atoms with E-state index in [4.69, 9.17) is 4.74 Å². The Balaban J connectivity index is 1.88. The summed E-state index contributed by atoms with van der Waals surface area (Å²) in [6.45, 7) is 0. The normalized spacial score (nSPS) is 17.2. The summed E-state index contributed by atoms with van der Waals surface area (Å²) < 4.78 is 6.53. The number of methoxy groups -OCH3 is 1. The average Bonchev–Trinajstić information content (AvgIpc) is 2.90. The lowest BCUT2D eigenvalue weighted by molar-refractivity contribution is -0.115. The van der Waals surface area contributed by atoms with Gasteiger partial charge in [0.15, 0.2) is 16.7 Å². The fourth-order valence-corrected chi connectivity index (χ4v) is 3.82. The van der Waals surface area contributed by atoms with E-state index in [0.717, 1.165) is 15.7 Å². The molecule has 2 aromatic carbocycles. The van der Waals surface area contributed by atoms with Crippen LogP contribution in [-0.4, -0.2) is 23.3 Å². The van der Waals surface area contributed by atoms with E-state index in [0.29, 0.717) is 20.3 Å². The predicted octanol–water partition coefficient (Wildman–Crippen LogP) is 4.82. The summed E-state index contributed by atoms with van der Waals surface area (Å²) in [5.74, 6) is 0.125. The molecule has 0 spiro atoms. The minimum Gasteiger partial charge on any atom is -0.503 e. The third-order valence-electron chi connectivity index (χ3n) is 3.26. The molecule has 0 atom stereocenters. The van der Waals surface area contributed by atoms with Crippen LogP contribution in [0, 0.1) is 0 Å². The molecule has 1 aliphatic rings. The summed E-state index contributed by atoms with van der Waals surface area (Å²) in [6, 6.07) is 10.9. The maximum absolute atomic E-state index is 12.2. The van der Waals surface area contributed by atoms with Gasteiger partial charge in [-0.15, -0.1) is 0 Å². The van der Waals surface area contributed by atoms with Crippen molar-refractivity contribution in [2.75, 3.05) is 7.11 Å². The van der Waals surface area contributed by atoms with Crippen molar-refractivity contribution >= 4 is 66.5 Å². The molecule has 2 aromatic rings. The molecule has 1 saturated heterocycles. The molecule has 0 saturated carbocycles. The number of amidine groups is 1. The number of halogens is 2. The van der Waals surface area contributed by atoms with Gasteiger partial charge in [-0.1, -0.05) is 22.0 Å². The lowest BCUT2D eigenvalue weighted by Gasteiger charge is -2.06. The first-order valence-corrected chi connectivity index (χ1v) is 9.48. The van der Waals surface area contributed by atoms with E-state index in [1.54, 1.807) is 18.2 Å². The van der Waals surface area contributed by atoms with Gasteiger partial charge < -0.3 is 15.2 Å². The maximum atomic E-state index is 12.2. The molecule has 0 bridgehead atoms. The first-order valence-electron chi connectivity index (χ1n) is 7.08. The molecule has 8 heteroatoms. The number of phenols is 1. The molecular formula is C17H12Br2N2O3S. The van der Waals surface area contributed by atoms with E-state index in [1.165, 1.54) is 18.9 Å². The van der Waals surface area contributed by atoms with Crippen LogP contribution in [0.5, 0.6) is 11.5 Å². The smallest absolute Gasteiger partial charge is 0.264 e. The summed E-state index contributed by atoms with van der Waals surface area (Å²) in [7, 11) is 1.47. The zero-order valence-corrected chi connectivity index (χ0v) is 16.9. The van der Waals surface area contributed by atoms with Gasteiger partial charge in [-0.3, -0.25) is 4.79 Å². The molecule has 1 fully saturated rings. The number of hydrogen-bond donors (Lipinski definition) is 2. The van der Waals surface area contributed by atoms with Crippen LogP contribution in [0.25, 0.3) is 6.08 Å². The molecule has 1 aliphatic heterocycles. The van der Waals surface area contributed by atoms with Crippen molar-refractivity contribution in [3.05, 3.63) is 55.8 Å². The van der Waals surface area contributed by atoms with Crippen LogP contribution in [0.3, 0.4) is 0 Å². The highest BCUT2D eigenvalue weighted by Crippen LogP contribution is 2.37. The predicted molar refractivity (Wildman–Crippen MR) is 107 cm³/mol. The van der Waals surface area contributed by atoms with Gasteiger partial charge in [-0.2, -0.15) is 0 Å². The summed E-state index contributed by atoms with van der Waals surface area (Å²) in [4.78, 5) is 17.1. The van der Waals surface area contributed by atoms with E-state index in [9.17, 15) is 9.90 Å². The van der Waals surface area contributed by atoms with Gasteiger partial charge in [0.25, 0.3) is 5.91 Å². The van der Waals surface area contributed by atoms with Gasteiger partial charge in [0.2, 0.25) is 0 Å². The summed E-state index contributed by atoms with van der Waals surface area (Å²) >= 11 is 7.92. The molecule has 3 rings (SSSR count). The van der Waals surface area contributed by atoms with Gasteiger partial charge in [0, 0.05) is 4.47 Å². The van der Waals surface area contributed by atoms with Crippen molar-refractivity contribution in [3.8, 4) is 11.5 Å². The fourth-order valence-electron chi connectivity index (χ4n) is 2.13. The zero-order valence-electron chi connectivity index (χ0n) is 12.9. The Morgan fingerprint density at radius 1 is 1.28 bits per heavy atom. The van der Waals surface area contributed by atoms with Crippen LogP contribution in [0.4, 0.5) is 5.69 Å². The molecule has 2 N–H and O–H groups in total. The average molecular weight is 484 g/mol. The number of aliphatic imine (C=N–C) groups is 1. The molecule has 0 aliphatic carbocycles. The van der Waals surface area contributed by atoms with Crippen LogP contribution in [0.15, 0.2) is 55.2 Å². The Morgan fingerprint density at radius 2 is 2.08 bits per heavy atom. The number of ether oxygens (including phenoxy) is 1. The number of aromatic hydroxyl groups is 1. The van der Waals surface area contributed by atoms with Crippen molar-refractivity contribution in [2.45, 2.75) is 0 Å². The number of carbonyl (C=O) groups excluding carboxylic acids is 1. The van der Waals surface area contributed by atoms with Crippen LogP contribution < -0.4 is 10.1 Å². The number of hydrogen-bond acceptors (Lipinski definition) is 5. The number of phenolic OH excluding ortho intramolecular Hbond substituents is 1. The molecule has 1 heterocycles. The third-order valence-corrected chi connectivity index (χ3v) is 5.27. The Kier molecular flexibility index (Phi) is 5.51. The third kappa shape index (κ3) is 4.26. The topological polar surface area (TPSA) is 70.9 Å². The SMILES string of the molecule is COc1cc(/C=C2\SC(=Nc3cccc(Br)c3)NC2=O)cc(Br)c1O. The van der Waals surface area contributed by atoms with Crippen molar-refractivity contribution in [2.24, 2.45) is 4.99 Å². The summed E-state index contributed by atoms with van der Waals surface area (Å²) in [5, 5.41) is 13.1. The van der Waals surface area contributed by atoms with Crippen molar-refractivity contribution in [1.82, 2.24) is 5.32 Å². The van der Waals surface area contributed by atoms with Gasteiger partial charge in [-0.05, 0) is 69.7 Å². The molecule has 0 aromatic heterocycles. The van der Waals surface area contributed by atoms with Gasteiger partial charge in [0.05, 0.1) is 22.2 Å². The van der Waals surface area contributed by atoms with E-state index < -0.39 is 0 Å². The Bertz CT molecular complexity index is 913. The first kappa shape index (κ1) is 18.0. The van der Waals surface area contributed by atoms with Crippen molar-refractivity contribution in [1.29, 1.82) is 0 Å². The summed E-state index contributed by atoms with van der Waals surface area (Å²) in [5.41, 5.74) is 1.47. The second-order valence-electron chi connectivity index (χ2n) is 5.02. The van der Waals surface area contributed by atoms with Gasteiger partial charge >= 0.3 is 0 Å². The number of thioether (sulfide) groups is 1.